The SMILES string of the molecule is O=S(=O)([O-])[O-].O=S(=O)([O-])[O-].OB(O)O.[Fe+2].[Ni+2]. The van der Waals surface area contributed by atoms with Crippen molar-refractivity contribution >= 4 is 28.1 Å². The molecule has 0 aliphatic rings. The van der Waals surface area contributed by atoms with Gasteiger partial charge in [-0.1, -0.05) is 0 Å². The first-order valence-electron chi connectivity index (χ1n) is 2.11. The van der Waals surface area contributed by atoms with Gasteiger partial charge in [0.05, 0.1) is 0 Å². The maximum Gasteiger partial charge on any atom is 2.00 e. The molecule has 0 rings (SSSR count). The van der Waals surface area contributed by atoms with Crippen LogP contribution < -0.4 is 0 Å². The maximum atomic E-state index is 8.52. The van der Waals surface area contributed by atoms with Crippen molar-refractivity contribution in [1.82, 2.24) is 0 Å². The first-order valence-corrected chi connectivity index (χ1v) is 4.77. The number of hydrogen-bond donors (Lipinski definition) is 3. The molecule has 16 heavy (non-hydrogen) atoms. The molecule has 0 saturated heterocycles. The molecule has 3 N–H and O–H groups in total. The van der Waals surface area contributed by atoms with E-state index in [0.29, 0.717) is 0 Å². The van der Waals surface area contributed by atoms with E-state index in [1.807, 2.05) is 0 Å². The molecule has 0 aromatic rings. The summed E-state index contributed by atoms with van der Waals surface area (Å²) in [4.78, 5) is 0. The van der Waals surface area contributed by atoms with Gasteiger partial charge in [-0.3, -0.25) is 16.8 Å². The van der Waals surface area contributed by atoms with E-state index in [9.17, 15) is 0 Å². The van der Waals surface area contributed by atoms with Crippen molar-refractivity contribution in [2.24, 2.45) is 0 Å². The zero-order valence-corrected chi connectivity index (χ0v) is 10.4. The fourth-order valence-corrected chi connectivity index (χ4v) is 0. The molecular weight excluding hydrogens is 365 g/mol. The molecular formula is H3BFeNiO11S2. The van der Waals surface area contributed by atoms with Crippen LogP contribution in [0.25, 0.3) is 0 Å². The van der Waals surface area contributed by atoms with Gasteiger partial charge in [0, 0.05) is 20.8 Å². The fraction of sp³-hybridized carbons (Fsp3) is 0. The van der Waals surface area contributed by atoms with Crippen molar-refractivity contribution in [3.05, 3.63) is 0 Å². The van der Waals surface area contributed by atoms with Crippen molar-refractivity contribution in [2.75, 3.05) is 0 Å². The van der Waals surface area contributed by atoms with E-state index < -0.39 is 28.1 Å². The summed E-state index contributed by atoms with van der Waals surface area (Å²) in [6, 6.07) is 0. The van der Waals surface area contributed by atoms with Crippen LogP contribution in [0.4, 0.5) is 0 Å². The molecule has 0 amide bonds. The summed E-state index contributed by atoms with van der Waals surface area (Å²) in [5.41, 5.74) is 0. The number of hydrogen-bond acceptors (Lipinski definition) is 11. The molecule has 0 heterocycles. The molecule has 0 radical (unpaired) electrons. The van der Waals surface area contributed by atoms with E-state index >= 15 is 0 Å². The third kappa shape index (κ3) is 5660. The Morgan fingerprint density at radius 1 is 0.750 bits per heavy atom. The van der Waals surface area contributed by atoms with Gasteiger partial charge in [-0.05, 0) is 0 Å². The van der Waals surface area contributed by atoms with Crippen LogP contribution in [0.5, 0.6) is 0 Å². The van der Waals surface area contributed by atoms with Crippen LogP contribution in [0.3, 0.4) is 0 Å². The van der Waals surface area contributed by atoms with E-state index in [1.54, 1.807) is 0 Å². The Morgan fingerprint density at radius 3 is 0.750 bits per heavy atom. The number of rotatable bonds is 0. The van der Waals surface area contributed by atoms with Gasteiger partial charge in [-0.15, -0.1) is 0 Å². The van der Waals surface area contributed by atoms with E-state index in [1.165, 1.54) is 0 Å². The molecule has 16 heteroatoms. The van der Waals surface area contributed by atoms with Gasteiger partial charge >= 0.3 is 40.9 Å². The normalized spacial score (nSPS) is 8.94. The molecule has 102 valence electrons. The van der Waals surface area contributed by atoms with Gasteiger partial charge in [-0.2, -0.15) is 0 Å². The molecule has 0 fully saturated rings. The summed E-state index contributed by atoms with van der Waals surface area (Å²) >= 11 is 0. The van der Waals surface area contributed by atoms with E-state index in [0.717, 1.165) is 0 Å². The summed E-state index contributed by atoms with van der Waals surface area (Å²) in [5, 5.41) is 21.5. The van der Waals surface area contributed by atoms with Crippen molar-refractivity contribution in [3.8, 4) is 0 Å². The van der Waals surface area contributed by atoms with Crippen molar-refractivity contribution in [3.63, 3.8) is 0 Å². The molecule has 0 unspecified atom stereocenters. The summed E-state index contributed by atoms with van der Waals surface area (Å²) in [7, 11) is -12.5. The van der Waals surface area contributed by atoms with Gasteiger partial charge in [0.25, 0.3) is 0 Å². The molecule has 0 atom stereocenters. The second-order valence-electron chi connectivity index (χ2n) is 1.16. The van der Waals surface area contributed by atoms with Gasteiger partial charge in [0.15, 0.2) is 0 Å². The summed E-state index contributed by atoms with van der Waals surface area (Å²) in [5.74, 6) is 0. The van der Waals surface area contributed by atoms with Gasteiger partial charge < -0.3 is 33.3 Å². The minimum atomic E-state index is -5.17. The molecule has 0 aliphatic heterocycles. The maximum absolute atomic E-state index is 8.52. The Balaban J connectivity index is -0.0000000358. The zero-order valence-electron chi connectivity index (χ0n) is 6.67. The van der Waals surface area contributed by atoms with Gasteiger partial charge in [0.1, 0.15) is 0 Å². The van der Waals surface area contributed by atoms with Crippen LogP contribution in [0.15, 0.2) is 0 Å². The zero-order chi connectivity index (χ0) is 12.6. The average molecular weight is 368 g/mol. The van der Waals surface area contributed by atoms with Crippen LogP contribution >= 0.6 is 0 Å². The molecule has 0 spiro atoms. The molecule has 0 saturated carbocycles. The Hall–Kier alpha value is 0.698. The van der Waals surface area contributed by atoms with Crippen LogP contribution in [-0.2, 0) is 54.4 Å². The van der Waals surface area contributed by atoms with Crippen LogP contribution in [0.1, 0.15) is 0 Å². The first kappa shape index (κ1) is 30.1. The van der Waals surface area contributed by atoms with Crippen molar-refractivity contribution in [2.45, 2.75) is 0 Å². The topological polar surface area (TPSA) is 221 Å². The third-order valence-electron chi connectivity index (χ3n) is 0. The van der Waals surface area contributed by atoms with Crippen molar-refractivity contribution < 1.29 is 83.7 Å². The third-order valence-corrected chi connectivity index (χ3v) is 0. The fourth-order valence-electron chi connectivity index (χ4n) is 0. The second-order valence-corrected chi connectivity index (χ2v) is 2.80. The summed E-state index contributed by atoms with van der Waals surface area (Å²) in [6.07, 6.45) is 0. The van der Waals surface area contributed by atoms with Crippen LogP contribution in [0.2, 0.25) is 0 Å². The van der Waals surface area contributed by atoms with E-state index in [2.05, 4.69) is 0 Å². The molecule has 0 aromatic heterocycles. The van der Waals surface area contributed by atoms with Crippen molar-refractivity contribution in [1.29, 1.82) is 0 Å². The molecule has 0 aliphatic carbocycles. The largest absolute Gasteiger partial charge is 2.00 e. The van der Waals surface area contributed by atoms with Crippen LogP contribution in [-0.4, -0.2) is 57.4 Å². The summed E-state index contributed by atoms with van der Waals surface area (Å²) in [6.45, 7) is 0. The monoisotopic (exact) mass is 368 g/mol. The first-order chi connectivity index (χ1) is 5.73. The van der Waals surface area contributed by atoms with Gasteiger partial charge in [-0.25, -0.2) is 0 Å². The Kier molecular flexibility index (Phi) is 25.9. The minimum absolute atomic E-state index is 0. The second kappa shape index (κ2) is 13.8. The predicted molar refractivity (Wildman–Crippen MR) is 33.4 cm³/mol. The predicted octanol–water partition coefficient (Wildman–Crippen LogP) is -4.73. The Labute approximate surface area is 112 Å². The minimum Gasteiger partial charge on any atom is -0.759 e. The Bertz CT molecular complexity index is 254. The van der Waals surface area contributed by atoms with E-state index in [-0.39, 0.29) is 33.6 Å². The average Bonchev–Trinajstić information content (AvgIpc) is 1.45. The smallest absolute Gasteiger partial charge is 0.759 e. The Morgan fingerprint density at radius 2 is 0.750 bits per heavy atom. The molecule has 11 nitrogen and oxygen atoms in total. The van der Waals surface area contributed by atoms with E-state index in [4.69, 9.17) is 50.1 Å². The quantitative estimate of drug-likeness (QED) is 0.209. The van der Waals surface area contributed by atoms with Gasteiger partial charge in [0.2, 0.25) is 0 Å². The van der Waals surface area contributed by atoms with Crippen LogP contribution in [0, 0.1) is 0 Å². The standard InChI is InChI=1S/BH3O3.Fe.Ni.2H2O4S/c2-1(3)4;;;2*1-5(2,3)4/h2-4H;;;2*(H2,1,2,3,4)/q;2*+2;;/p-4. The molecule has 0 aromatic carbocycles. The molecule has 0 bridgehead atoms. The summed E-state index contributed by atoms with van der Waals surface area (Å²) < 4.78 is 68.2.